The molecule has 0 aromatic heterocycles. The van der Waals surface area contributed by atoms with E-state index in [1.807, 2.05) is 0 Å². The molecule has 0 unspecified atom stereocenters. The van der Waals surface area contributed by atoms with E-state index in [9.17, 15) is 31.2 Å². The Morgan fingerprint density at radius 3 is 2.22 bits per heavy atom. The van der Waals surface area contributed by atoms with Crippen molar-refractivity contribution in [3.05, 3.63) is 62.6 Å². The molecule has 0 saturated carbocycles. The normalized spacial score (nSPS) is 12.7. The first-order valence-corrected chi connectivity index (χ1v) is 13.4. The van der Waals surface area contributed by atoms with Gasteiger partial charge in [0.25, 0.3) is 0 Å². The van der Waals surface area contributed by atoms with Crippen molar-refractivity contribution in [2.45, 2.75) is 32.6 Å². The molecule has 0 fully saturated rings. The van der Waals surface area contributed by atoms with Gasteiger partial charge >= 0.3 is 6.18 Å². The zero-order valence-electron chi connectivity index (χ0n) is 19.4. The predicted molar refractivity (Wildman–Crippen MR) is 134 cm³/mol. The molecular formula is C22H23Cl3F3N3O4S. The molecule has 2 aromatic carbocycles. The number of hydrogen-bond donors (Lipinski definition) is 1. The van der Waals surface area contributed by atoms with Gasteiger partial charge in [0.05, 0.1) is 22.5 Å². The van der Waals surface area contributed by atoms with Crippen molar-refractivity contribution in [1.29, 1.82) is 0 Å². The van der Waals surface area contributed by atoms with Gasteiger partial charge in [-0.25, -0.2) is 8.42 Å². The minimum Gasteiger partial charge on any atom is -0.355 e. The highest BCUT2D eigenvalue weighted by Gasteiger charge is 2.34. The zero-order chi connectivity index (χ0) is 27.4. The van der Waals surface area contributed by atoms with Gasteiger partial charge < -0.3 is 10.2 Å². The Balaban J connectivity index is 2.52. The second-order valence-electron chi connectivity index (χ2n) is 7.76. The fourth-order valence-corrected chi connectivity index (χ4v) is 4.80. The second kappa shape index (κ2) is 11.9. The Bertz CT molecular complexity index is 1240. The molecule has 0 spiro atoms. The first kappa shape index (κ1) is 30.0. The molecule has 2 aromatic rings. The average Bonchev–Trinajstić information content (AvgIpc) is 2.75. The van der Waals surface area contributed by atoms with Gasteiger partial charge in [0, 0.05) is 23.1 Å². The predicted octanol–water partition coefficient (Wildman–Crippen LogP) is 4.99. The third-order valence-electron chi connectivity index (χ3n) is 5.10. The minimum atomic E-state index is -4.78. The van der Waals surface area contributed by atoms with Crippen LogP contribution in [0.2, 0.25) is 15.1 Å². The Morgan fingerprint density at radius 1 is 1.06 bits per heavy atom. The lowest BCUT2D eigenvalue weighted by molar-refractivity contribution is -0.139. The van der Waals surface area contributed by atoms with Crippen molar-refractivity contribution in [2.24, 2.45) is 0 Å². The Kier molecular flexibility index (Phi) is 9.91. The van der Waals surface area contributed by atoms with Crippen LogP contribution in [0.5, 0.6) is 0 Å². The quantitative estimate of drug-likeness (QED) is 0.448. The number of carbonyl (C=O) groups is 2. The van der Waals surface area contributed by atoms with Gasteiger partial charge in [-0.3, -0.25) is 13.9 Å². The molecule has 0 bridgehead atoms. The summed E-state index contributed by atoms with van der Waals surface area (Å²) in [7, 11) is -4.28. The summed E-state index contributed by atoms with van der Waals surface area (Å²) >= 11 is 18.2. The van der Waals surface area contributed by atoms with Crippen LogP contribution in [-0.4, -0.2) is 50.5 Å². The number of hydrogen-bond acceptors (Lipinski definition) is 4. The molecule has 0 aliphatic carbocycles. The molecule has 0 saturated heterocycles. The molecule has 14 heteroatoms. The molecule has 0 aliphatic heterocycles. The van der Waals surface area contributed by atoms with E-state index in [4.69, 9.17) is 34.8 Å². The molecule has 2 amide bonds. The van der Waals surface area contributed by atoms with E-state index in [-0.39, 0.29) is 23.1 Å². The summed E-state index contributed by atoms with van der Waals surface area (Å²) < 4.78 is 65.4. The zero-order valence-corrected chi connectivity index (χ0v) is 22.5. The van der Waals surface area contributed by atoms with Crippen LogP contribution in [0.3, 0.4) is 0 Å². The highest BCUT2D eigenvalue weighted by Crippen LogP contribution is 2.36. The van der Waals surface area contributed by atoms with Crippen LogP contribution in [0, 0.1) is 0 Å². The van der Waals surface area contributed by atoms with E-state index in [1.165, 1.54) is 25.1 Å². The smallest absolute Gasteiger partial charge is 0.355 e. The van der Waals surface area contributed by atoms with Gasteiger partial charge in [0.1, 0.15) is 12.6 Å². The van der Waals surface area contributed by atoms with Crippen LogP contribution in [0.4, 0.5) is 18.9 Å². The number of benzene rings is 2. The molecule has 0 radical (unpaired) electrons. The Morgan fingerprint density at radius 2 is 1.69 bits per heavy atom. The number of sulfonamides is 1. The fourth-order valence-electron chi connectivity index (χ4n) is 3.21. The summed E-state index contributed by atoms with van der Waals surface area (Å²) in [5.41, 5.74) is -1.27. The summed E-state index contributed by atoms with van der Waals surface area (Å²) in [6.45, 7) is 2.24. The molecule has 1 atom stereocenters. The molecule has 2 rings (SSSR count). The summed E-state index contributed by atoms with van der Waals surface area (Å²) in [6, 6.07) is 5.54. The first-order valence-electron chi connectivity index (χ1n) is 10.4. The van der Waals surface area contributed by atoms with Crippen molar-refractivity contribution in [3.8, 4) is 0 Å². The average molecular weight is 589 g/mol. The van der Waals surface area contributed by atoms with Crippen molar-refractivity contribution in [3.63, 3.8) is 0 Å². The maximum absolute atomic E-state index is 13.4. The highest BCUT2D eigenvalue weighted by atomic mass is 35.5. The molecule has 0 heterocycles. The summed E-state index contributed by atoms with van der Waals surface area (Å²) in [5.74, 6) is -1.40. The fraction of sp³-hybridized carbons (Fsp3) is 0.364. The molecular weight excluding hydrogens is 566 g/mol. The Hall–Kier alpha value is -2.21. The molecule has 198 valence electrons. The van der Waals surface area contributed by atoms with E-state index in [0.717, 1.165) is 17.2 Å². The van der Waals surface area contributed by atoms with Gasteiger partial charge in [0.2, 0.25) is 21.8 Å². The van der Waals surface area contributed by atoms with Crippen LogP contribution in [0.15, 0.2) is 36.4 Å². The number of amides is 2. The van der Waals surface area contributed by atoms with Crippen LogP contribution >= 0.6 is 34.8 Å². The lowest BCUT2D eigenvalue weighted by atomic mass is 10.1. The van der Waals surface area contributed by atoms with Crippen molar-refractivity contribution in [2.75, 3.05) is 23.7 Å². The number of rotatable bonds is 9. The number of nitrogens with zero attached hydrogens (tertiary/aromatic N) is 2. The van der Waals surface area contributed by atoms with Crippen LogP contribution < -0.4 is 9.62 Å². The lowest BCUT2D eigenvalue weighted by Gasteiger charge is -2.32. The van der Waals surface area contributed by atoms with Gasteiger partial charge in [-0.15, -0.1) is 0 Å². The third-order valence-corrected chi connectivity index (χ3v) is 7.13. The standard InChI is InChI=1S/C22H23Cl3F3N3O4S/c1-4-29-21(33)13(2)30(11-14-5-7-16(23)10-18(14)25)20(32)12-31(36(3,34)35)19-9-15(22(26,27)28)6-8-17(19)24/h5-10,13H,4,11-12H2,1-3H3,(H,29,33)/t13-/m0/s1. The highest BCUT2D eigenvalue weighted by molar-refractivity contribution is 7.92. The van der Waals surface area contributed by atoms with E-state index >= 15 is 0 Å². The number of nitrogens with one attached hydrogen (secondary N) is 1. The number of alkyl halides is 3. The third kappa shape index (κ3) is 7.64. The van der Waals surface area contributed by atoms with Crippen LogP contribution in [0.1, 0.15) is 25.0 Å². The van der Waals surface area contributed by atoms with Gasteiger partial charge in [-0.05, 0) is 49.7 Å². The first-order chi connectivity index (χ1) is 16.6. The van der Waals surface area contributed by atoms with Gasteiger partial charge in [0.15, 0.2) is 0 Å². The maximum Gasteiger partial charge on any atom is 0.416 e. The largest absolute Gasteiger partial charge is 0.416 e. The van der Waals surface area contributed by atoms with Crippen molar-refractivity contribution < 1.29 is 31.2 Å². The number of halogens is 6. The minimum absolute atomic E-state index is 0.198. The van der Waals surface area contributed by atoms with Crippen LogP contribution in [0.25, 0.3) is 0 Å². The topological polar surface area (TPSA) is 86.8 Å². The molecule has 36 heavy (non-hydrogen) atoms. The maximum atomic E-state index is 13.4. The van der Waals surface area contributed by atoms with Crippen molar-refractivity contribution >= 4 is 62.3 Å². The molecule has 0 aliphatic rings. The second-order valence-corrected chi connectivity index (χ2v) is 10.9. The van der Waals surface area contributed by atoms with E-state index in [2.05, 4.69) is 5.32 Å². The summed E-state index contributed by atoms with van der Waals surface area (Å²) in [4.78, 5) is 27.0. The van der Waals surface area contributed by atoms with Gasteiger partial charge in [-0.2, -0.15) is 13.2 Å². The SMILES string of the molecule is CCNC(=O)[C@H](C)N(Cc1ccc(Cl)cc1Cl)C(=O)CN(c1cc(C(F)(F)F)ccc1Cl)S(C)(=O)=O. The summed E-state index contributed by atoms with van der Waals surface area (Å²) in [6.07, 6.45) is -4.05. The van der Waals surface area contributed by atoms with E-state index < -0.39 is 51.9 Å². The van der Waals surface area contributed by atoms with Gasteiger partial charge in [-0.1, -0.05) is 40.9 Å². The van der Waals surface area contributed by atoms with E-state index in [1.54, 1.807) is 6.92 Å². The monoisotopic (exact) mass is 587 g/mol. The summed E-state index contributed by atoms with van der Waals surface area (Å²) in [5, 5.41) is 2.79. The van der Waals surface area contributed by atoms with Crippen molar-refractivity contribution in [1.82, 2.24) is 10.2 Å². The number of anilines is 1. The molecule has 1 N–H and O–H groups in total. The number of likely N-dealkylation sites (N-methyl/N-ethyl adjacent to an activating group) is 1. The van der Waals surface area contributed by atoms with Crippen LogP contribution in [-0.2, 0) is 32.3 Å². The number of carbonyl (C=O) groups excluding carboxylic acids is 2. The Labute approximate surface area is 222 Å². The molecule has 7 nitrogen and oxygen atoms in total. The van der Waals surface area contributed by atoms with E-state index in [0.29, 0.717) is 27.0 Å². The lowest BCUT2D eigenvalue weighted by Crippen LogP contribution is -2.51.